The summed E-state index contributed by atoms with van der Waals surface area (Å²) in [4.78, 5) is 24.2. The van der Waals surface area contributed by atoms with E-state index in [1.807, 2.05) is 19.9 Å². The lowest BCUT2D eigenvalue weighted by Crippen LogP contribution is -2.35. The molecule has 1 aromatic rings. The molecule has 0 aliphatic heterocycles. The number of amides is 1. The van der Waals surface area contributed by atoms with Gasteiger partial charge in [0.15, 0.2) is 0 Å². The molecular weight excluding hydrogens is 244 g/mol. The summed E-state index contributed by atoms with van der Waals surface area (Å²) in [6.45, 7) is 4.52. The predicted octanol–water partition coefficient (Wildman–Crippen LogP) is 1.79. The van der Waals surface area contributed by atoms with Gasteiger partial charge in [-0.2, -0.15) is 0 Å². The number of aryl methyl sites for hydroxylation is 1. The number of hydrogen-bond acceptors (Lipinski definition) is 3. The maximum Gasteiger partial charge on any atom is 0.337 e. The number of rotatable bonds is 7. The summed E-state index contributed by atoms with van der Waals surface area (Å²) in [6.07, 6.45) is 1.84. The average molecular weight is 264 g/mol. The van der Waals surface area contributed by atoms with Crippen LogP contribution in [0.2, 0.25) is 0 Å². The molecule has 1 aromatic carbocycles. The van der Waals surface area contributed by atoms with E-state index in [2.05, 4.69) is 0 Å². The Bertz CT molecular complexity index is 472. The topological polar surface area (TPSA) is 83.6 Å². The molecule has 0 atom stereocenters. The Hall–Kier alpha value is -2.04. The number of nitrogens with zero attached hydrogens (tertiary/aromatic N) is 1. The molecular formula is C14H20N2O3. The molecule has 0 saturated heterocycles. The van der Waals surface area contributed by atoms with Crippen LogP contribution in [0.3, 0.4) is 0 Å². The maximum absolute atomic E-state index is 11.3. The van der Waals surface area contributed by atoms with Crippen molar-refractivity contribution in [3.8, 4) is 0 Å². The minimum atomic E-state index is -0.996. The van der Waals surface area contributed by atoms with Crippen molar-refractivity contribution < 1.29 is 14.7 Å². The van der Waals surface area contributed by atoms with Gasteiger partial charge in [0, 0.05) is 6.54 Å². The van der Waals surface area contributed by atoms with Gasteiger partial charge < -0.3 is 15.7 Å². The third kappa shape index (κ3) is 4.28. The SMILES string of the molecule is CCCCN(CC(N)=O)c1ccc(C)cc1C(=O)O. The van der Waals surface area contributed by atoms with Crippen molar-refractivity contribution in [3.63, 3.8) is 0 Å². The van der Waals surface area contributed by atoms with Crippen LogP contribution in [0.5, 0.6) is 0 Å². The highest BCUT2D eigenvalue weighted by atomic mass is 16.4. The van der Waals surface area contributed by atoms with Crippen LogP contribution in [0.25, 0.3) is 0 Å². The molecule has 0 fully saturated rings. The van der Waals surface area contributed by atoms with Gasteiger partial charge in [0.25, 0.3) is 0 Å². The van der Waals surface area contributed by atoms with E-state index in [-0.39, 0.29) is 12.1 Å². The average Bonchev–Trinajstić information content (AvgIpc) is 2.34. The van der Waals surface area contributed by atoms with Gasteiger partial charge in [-0.3, -0.25) is 4.79 Å². The van der Waals surface area contributed by atoms with Crippen LogP contribution in [0.1, 0.15) is 35.7 Å². The zero-order valence-electron chi connectivity index (χ0n) is 11.3. The summed E-state index contributed by atoms with van der Waals surface area (Å²) in [6, 6.07) is 5.18. The van der Waals surface area contributed by atoms with Gasteiger partial charge in [0.2, 0.25) is 5.91 Å². The summed E-state index contributed by atoms with van der Waals surface area (Å²) in [5, 5.41) is 9.26. The van der Waals surface area contributed by atoms with Gasteiger partial charge in [-0.05, 0) is 25.5 Å². The number of anilines is 1. The molecule has 0 aliphatic carbocycles. The highest BCUT2D eigenvalue weighted by molar-refractivity contribution is 5.95. The quantitative estimate of drug-likeness (QED) is 0.786. The Labute approximate surface area is 113 Å². The van der Waals surface area contributed by atoms with Crippen molar-refractivity contribution in [2.24, 2.45) is 5.73 Å². The van der Waals surface area contributed by atoms with Crippen LogP contribution < -0.4 is 10.6 Å². The van der Waals surface area contributed by atoms with Crippen molar-refractivity contribution in [2.45, 2.75) is 26.7 Å². The molecule has 0 heterocycles. The molecule has 0 bridgehead atoms. The number of carboxylic acid groups (broad SMARTS) is 1. The van der Waals surface area contributed by atoms with E-state index >= 15 is 0 Å². The van der Waals surface area contributed by atoms with E-state index in [0.29, 0.717) is 12.2 Å². The largest absolute Gasteiger partial charge is 0.478 e. The number of unbranched alkanes of at least 4 members (excludes halogenated alkanes) is 1. The highest BCUT2D eigenvalue weighted by Crippen LogP contribution is 2.22. The van der Waals surface area contributed by atoms with Crippen LogP contribution in [-0.4, -0.2) is 30.1 Å². The van der Waals surface area contributed by atoms with E-state index < -0.39 is 11.9 Å². The molecule has 5 nitrogen and oxygen atoms in total. The number of carbonyl (C=O) groups is 2. The zero-order valence-corrected chi connectivity index (χ0v) is 11.3. The molecule has 3 N–H and O–H groups in total. The fourth-order valence-corrected chi connectivity index (χ4v) is 1.92. The first-order chi connectivity index (χ1) is 8.95. The maximum atomic E-state index is 11.3. The Morgan fingerprint density at radius 1 is 1.37 bits per heavy atom. The molecule has 0 unspecified atom stereocenters. The summed E-state index contributed by atoms with van der Waals surface area (Å²) in [7, 11) is 0. The molecule has 0 aromatic heterocycles. The van der Waals surface area contributed by atoms with E-state index in [9.17, 15) is 14.7 Å². The number of aromatic carboxylic acids is 1. The lowest BCUT2D eigenvalue weighted by Gasteiger charge is -2.25. The third-order valence-corrected chi connectivity index (χ3v) is 2.85. The molecule has 19 heavy (non-hydrogen) atoms. The number of carboxylic acids is 1. The van der Waals surface area contributed by atoms with Crippen LogP contribution in [0.4, 0.5) is 5.69 Å². The van der Waals surface area contributed by atoms with Crippen molar-refractivity contribution in [1.82, 2.24) is 0 Å². The van der Waals surface area contributed by atoms with Gasteiger partial charge in [-0.25, -0.2) is 4.79 Å². The van der Waals surface area contributed by atoms with E-state index in [1.165, 1.54) is 0 Å². The van der Waals surface area contributed by atoms with Gasteiger partial charge in [-0.15, -0.1) is 0 Å². The van der Waals surface area contributed by atoms with Crippen LogP contribution in [0.15, 0.2) is 18.2 Å². The number of benzene rings is 1. The van der Waals surface area contributed by atoms with Crippen molar-refractivity contribution in [3.05, 3.63) is 29.3 Å². The zero-order chi connectivity index (χ0) is 14.4. The van der Waals surface area contributed by atoms with Crippen molar-refractivity contribution in [1.29, 1.82) is 0 Å². The van der Waals surface area contributed by atoms with Gasteiger partial charge >= 0.3 is 5.97 Å². The minimum Gasteiger partial charge on any atom is -0.478 e. The molecule has 0 spiro atoms. The second-order valence-electron chi connectivity index (χ2n) is 4.57. The second-order valence-corrected chi connectivity index (χ2v) is 4.57. The molecule has 0 aliphatic rings. The molecule has 1 amide bonds. The van der Waals surface area contributed by atoms with Crippen LogP contribution >= 0.6 is 0 Å². The molecule has 104 valence electrons. The predicted molar refractivity (Wildman–Crippen MR) is 74.5 cm³/mol. The van der Waals surface area contributed by atoms with Gasteiger partial charge in [0.05, 0.1) is 17.8 Å². The monoisotopic (exact) mass is 264 g/mol. The van der Waals surface area contributed by atoms with Gasteiger partial charge in [-0.1, -0.05) is 25.0 Å². The number of primary amides is 1. The first kappa shape index (κ1) is 15.0. The van der Waals surface area contributed by atoms with E-state index in [1.54, 1.807) is 17.0 Å². The Morgan fingerprint density at radius 3 is 2.58 bits per heavy atom. The van der Waals surface area contributed by atoms with E-state index in [0.717, 1.165) is 18.4 Å². The molecule has 5 heteroatoms. The van der Waals surface area contributed by atoms with Crippen LogP contribution in [0, 0.1) is 6.92 Å². The second kappa shape index (κ2) is 6.78. The van der Waals surface area contributed by atoms with Crippen LogP contribution in [-0.2, 0) is 4.79 Å². The van der Waals surface area contributed by atoms with Crippen molar-refractivity contribution in [2.75, 3.05) is 18.0 Å². The lowest BCUT2D eigenvalue weighted by molar-refractivity contribution is -0.116. The first-order valence-electron chi connectivity index (χ1n) is 6.33. The summed E-state index contributed by atoms with van der Waals surface area (Å²) in [5.74, 6) is -1.46. The van der Waals surface area contributed by atoms with Gasteiger partial charge in [0.1, 0.15) is 0 Å². The first-order valence-corrected chi connectivity index (χ1v) is 6.33. The molecule has 0 radical (unpaired) electrons. The summed E-state index contributed by atoms with van der Waals surface area (Å²) in [5.41, 5.74) is 6.85. The standard InChI is InChI=1S/C14H20N2O3/c1-3-4-7-16(9-13(15)17)12-6-5-10(2)8-11(12)14(18)19/h5-6,8H,3-4,7,9H2,1-2H3,(H2,15,17)(H,18,19). The summed E-state index contributed by atoms with van der Waals surface area (Å²) < 4.78 is 0. The number of nitrogens with two attached hydrogens (primary N) is 1. The van der Waals surface area contributed by atoms with E-state index in [4.69, 9.17) is 5.73 Å². The fraction of sp³-hybridized carbons (Fsp3) is 0.429. The third-order valence-electron chi connectivity index (χ3n) is 2.85. The van der Waals surface area contributed by atoms with Crippen molar-refractivity contribution >= 4 is 17.6 Å². The molecule has 1 rings (SSSR count). The number of hydrogen-bond donors (Lipinski definition) is 2. The Kier molecular flexibility index (Phi) is 5.36. The fourth-order valence-electron chi connectivity index (χ4n) is 1.92. The smallest absolute Gasteiger partial charge is 0.337 e. The Balaban J connectivity index is 3.12. The number of carbonyl (C=O) groups excluding carboxylic acids is 1. The summed E-state index contributed by atoms with van der Waals surface area (Å²) >= 11 is 0. The normalized spacial score (nSPS) is 10.2. The Morgan fingerprint density at radius 2 is 2.05 bits per heavy atom. The molecule has 0 saturated carbocycles. The highest BCUT2D eigenvalue weighted by Gasteiger charge is 2.17. The minimum absolute atomic E-state index is 0.0311. The lowest BCUT2D eigenvalue weighted by atomic mass is 10.1.